The monoisotopic (exact) mass is 386 g/mol. The van der Waals surface area contributed by atoms with E-state index in [2.05, 4.69) is 9.97 Å². The van der Waals surface area contributed by atoms with Crippen molar-refractivity contribution in [2.45, 2.75) is 52.1 Å². The number of benzene rings is 1. The second kappa shape index (κ2) is 8.63. The minimum absolute atomic E-state index is 0.215. The number of carbonyl (C=O) groups is 1. The van der Waals surface area contributed by atoms with Crippen LogP contribution in [0.25, 0.3) is 11.0 Å². The van der Waals surface area contributed by atoms with Crippen LogP contribution < -0.4 is 10.5 Å². The third-order valence-electron chi connectivity index (χ3n) is 4.73. The van der Waals surface area contributed by atoms with Crippen molar-refractivity contribution in [3.8, 4) is 5.88 Å². The molecule has 1 aromatic heterocycles. The number of ether oxygens (including phenoxy) is 2. The zero-order valence-electron chi connectivity index (χ0n) is 17.0. The van der Waals surface area contributed by atoms with E-state index < -0.39 is 5.60 Å². The van der Waals surface area contributed by atoms with Crippen molar-refractivity contribution in [3.63, 3.8) is 0 Å². The number of hydrogen-bond acceptors (Lipinski definition) is 6. The summed E-state index contributed by atoms with van der Waals surface area (Å²) in [6.07, 6.45) is 3.78. The maximum absolute atomic E-state index is 12.3. The van der Waals surface area contributed by atoms with Gasteiger partial charge in [0, 0.05) is 13.1 Å². The van der Waals surface area contributed by atoms with Crippen LogP contribution in [0.15, 0.2) is 24.3 Å². The van der Waals surface area contributed by atoms with Gasteiger partial charge in [0.2, 0.25) is 0 Å². The first-order valence-electron chi connectivity index (χ1n) is 9.95. The molecule has 3 rings (SSSR count). The fourth-order valence-corrected chi connectivity index (χ4v) is 3.44. The minimum atomic E-state index is -0.460. The topological polar surface area (TPSA) is 90.6 Å². The lowest BCUT2D eigenvalue weighted by atomic mass is 9.94. The number of anilines is 1. The Morgan fingerprint density at radius 1 is 1.25 bits per heavy atom. The normalized spacial score (nSPS) is 17.5. The number of likely N-dealkylation sites (tertiary alicyclic amines) is 1. The highest BCUT2D eigenvalue weighted by Gasteiger charge is 2.27. The molecule has 1 aliphatic heterocycles. The van der Waals surface area contributed by atoms with E-state index in [-0.39, 0.29) is 6.09 Å². The first-order chi connectivity index (χ1) is 13.3. The lowest BCUT2D eigenvalue weighted by molar-refractivity contribution is 0.0159. The maximum atomic E-state index is 12.3. The van der Waals surface area contributed by atoms with Gasteiger partial charge in [-0.25, -0.2) is 14.8 Å². The van der Waals surface area contributed by atoms with Gasteiger partial charge >= 0.3 is 6.09 Å². The van der Waals surface area contributed by atoms with E-state index in [4.69, 9.17) is 15.2 Å². The minimum Gasteiger partial charge on any atom is -0.475 e. The molecule has 2 heterocycles. The summed E-state index contributed by atoms with van der Waals surface area (Å²) in [4.78, 5) is 22.9. The number of amides is 1. The summed E-state index contributed by atoms with van der Waals surface area (Å²) in [6, 6.07) is 7.59. The smallest absolute Gasteiger partial charge is 0.410 e. The largest absolute Gasteiger partial charge is 0.475 e. The van der Waals surface area contributed by atoms with Crippen LogP contribution in [0.1, 0.15) is 46.5 Å². The third-order valence-corrected chi connectivity index (χ3v) is 4.73. The third kappa shape index (κ3) is 5.47. The SMILES string of the molecule is CC(C)(C)OC(=O)N1CCC[C@H](CCCOc2nc3ccccc3nc2N)C1. The summed E-state index contributed by atoms with van der Waals surface area (Å²) in [5, 5.41) is 0. The highest BCUT2D eigenvalue weighted by atomic mass is 16.6. The Kier molecular flexibility index (Phi) is 6.21. The van der Waals surface area contributed by atoms with Gasteiger partial charge in [0.05, 0.1) is 17.6 Å². The molecule has 0 radical (unpaired) electrons. The van der Waals surface area contributed by atoms with Crippen molar-refractivity contribution in [2.75, 3.05) is 25.4 Å². The second-order valence-electron chi connectivity index (χ2n) is 8.33. The molecule has 0 spiro atoms. The Labute approximate surface area is 166 Å². The first-order valence-corrected chi connectivity index (χ1v) is 9.95. The van der Waals surface area contributed by atoms with Gasteiger partial charge in [-0.2, -0.15) is 0 Å². The lowest BCUT2D eigenvalue weighted by Crippen LogP contribution is -2.42. The molecule has 1 aliphatic rings. The fourth-order valence-electron chi connectivity index (χ4n) is 3.44. The number of nitrogen functional groups attached to an aromatic ring is 1. The van der Waals surface area contributed by atoms with Crippen LogP contribution in [0.4, 0.5) is 10.6 Å². The Balaban J connectivity index is 1.46. The van der Waals surface area contributed by atoms with Crippen molar-refractivity contribution in [1.82, 2.24) is 14.9 Å². The van der Waals surface area contributed by atoms with Crippen LogP contribution in [0.2, 0.25) is 0 Å². The zero-order valence-corrected chi connectivity index (χ0v) is 17.0. The highest BCUT2D eigenvalue weighted by Crippen LogP contribution is 2.24. The molecule has 7 nitrogen and oxygen atoms in total. The van der Waals surface area contributed by atoms with Gasteiger partial charge in [-0.3, -0.25) is 0 Å². The van der Waals surface area contributed by atoms with Gasteiger partial charge < -0.3 is 20.1 Å². The van der Waals surface area contributed by atoms with E-state index in [0.717, 1.165) is 49.8 Å². The van der Waals surface area contributed by atoms with Crippen molar-refractivity contribution in [1.29, 1.82) is 0 Å². The fraction of sp³-hybridized carbons (Fsp3) is 0.571. The number of fused-ring (bicyclic) bond motifs is 1. The molecular formula is C21H30N4O3. The number of nitrogens with zero attached hydrogens (tertiary/aromatic N) is 3. The van der Waals surface area contributed by atoms with E-state index in [1.165, 1.54) is 0 Å². The Morgan fingerprint density at radius 3 is 2.68 bits per heavy atom. The summed E-state index contributed by atoms with van der Waals surface area (Å²) >= 11 is 0. The van der Waals surface area contributed by atoms with Gasteiger partial charge in [-0.05, 0) is 64.5 Å². The highest BCUT2D eigenvalue weighted by molar-refractivity contribution is 5.76. The Bertz CT molecular complexity index is 819. The summed E-state index contributed by atoms with van der Waals surface area (Å²) in [6.45, 7) is 7.72. The number of carbonyl (C=O) groups excluding carboxylic acids is 1. The first kappa shape index (κ1) is 20.2. The molecule has 2 aromatic rings. The van der Waals surface area contributed by atoms with Crippen LogP contribution in [0, 0.1) is 5.92 Å². The number of rotatable bonds is 5. The molecular weight excluding hydrogens is 356 g/mol. The average Bonchev–Trinajstić information content (AvgIpc) is 2.64. The zero-order chi connectivity index (χ0) is 20.1. The van der Waals surface area contributed by atoms with Crippen LogP contribution >= 0.6 is 0 Å². The van der Waals surface area contributed by atoms with Crippen LogP contribution in [-0.4, -0.2) is 46.3 Å². The molecule has 7 heteroatoms. The van der Waals surface area contributed by atoms with E-state index in [1.54, 1.807) is 0 Å². The summed E-state index contributed by atoms with van der Waals surface area (Å²) in [5.41, 5.74) is 7.03. The molecule has 28 heavy (non-hydrogen) atoms. The van der Waals surface area contributed by atoms with Crippen molar-refractivity contribution < 1.29 is 14.3 Å². The Hall–Kier alpha value is -2.57. The van der Waals surface area contributed by atoms with E-state index in [9.17, 15) is 4.79 Å². The number of para-hydroxylation sites is 2. The van der Waals surface area contributed by atoms with E-state index >= 15 is 0 Å². The number of aromatic nitrogens is 2. The van der Waals surface area contributed by atoms with Gasteiger partial charge in [0.1, 0.15) is 5.60 Å². The van der Waals surface area contributed by atoms with Crippen molar-refractivity contribution in [2.24, 2.45) is 5.92 Å². The van der Waals surface area contributed by atoms with Gasteiger partial charge in [0.25, 0.3) is 5.88 Å². The summed E-state index contributed by atoms with van der Waals surface area (Å²) in [5.74, 6) is 1.16. The molecule has 1 saturated heterocycles. The molecule has 0 unspecified atom stereocenters. The number of hydrogen-bond donors (Lipinski definition) is 1. The average molecular weight is 386 g/mol. The van der Waals surface area contributed by atoms with E-state index in [1.807, 2.05) is 49.9 Å². The lowest BCUT2D eigenvalue weighted by Gasteiger charge is -2.34. The number of nitrogens with two attached hydrogens (primary N) is 1. The standard InChI is InChI=1S/C21H30N4O3/c1-21(2,3)28-20(26)25-12-6-8-15(14-25)9-7-13-27-19-18(22)23-16-10-4-5-11-17(16)24-19/h4-5,10-11,15H,6-9,12-14H2,1-3H3,(H2,22,23)/t15-/m1/s1. The maximum Gasteiger partial charge on any atom is 0.410 e. The van der Waals surface area contributed by atoms with E-state index in [0.29, 0.717) is 24.2 Å². The molecule has 0 saturated carbocycles. The Morgan fingerprint density at radius 2 is 1.96 bits per heavy atom. The second-order valence-corrected chi connectivity index (χ2v) is 8.33. The quantitative estimate of drug-likeness (QED) is 0.781. The molecule has 0 aliphatic carbocycles. The predicted molar refractivity (Wildman–Crippen MR) is 109 cm³/mol. The summed E-state index contributed by atoms with van der Waals surface area (Å²) < 4.78 is 11.3. The molecule has 152 valence electrons. The van der Waals surface area contributed by atoms with Gasteiger partial charge in [-0.1, -0.05) is 12.1 Å². The summed E-state index contributed by atoms with van der Waals surface area (Å²) in [7, 11) is 0. The van der Waals surface area contributed by atoms with Crippen molar-refractivity contribution >= 4 is 22.9 Å². The predicted octanol–water partition coefficient (Wildman–Crippen LogP) is 4.02. The molecule has 1 amide bonds. The van der Waals surface area contributed by atoms with Crippen LogP contribution in [0.3, 0.4) is 0 Å². The number of piperidine rings is 1. The van der Waals surface area contributed by atoms with Crippen molar-refractivity contribution in [3.05, 3.63) is 24.3 Å². The van der Waals surface area contributed by atoms with Crippen LogP contribution in [-0.2, 0) is 4.74 Å². The molecule has 2 N–H and O–H groups in total. The molecule has 1 fully saturated rings. The molecule has 1 aromatic carbocycles. The molecule has 0 bridgehead atoms. The van der Waals surface area contributed by atoms with Gasteiger partial charge in [-0.15, -0.1) is 0 Å². The van der Waals surface area contributed by atoms with Gasteiger partial charge in [0.15, 0.2) is 5.82 Å². The molecule has 1 atom stereocenters. The van der Waals surface area contributed by atoms with Crippen LogP contribution in [0.5, 0.6) is 5.88 Å².